The number of imide groups is 1. The van der Waals surface area contributed by atoms with Crippen LogP contribution in [0.15, 0.2) is 71.2 Å². The zero-order valence-electron chi connectivity index (χ0n) is 16.4. The number of rotatable bonds is 2. The molecule has 7 heteroatoms. The van der Waals surface area contributed by atoms with Crippen LogP contribution in [0, 0.1) is 0 Å². The summed E-state index contributed by atoms with van der Waals surface area (Å²) in [5, 5.41) is 1.84. The van der Waals surface area contributed by atoms with Crippen LogP contribution < -0.4 is 4.90 Å². The molecule has 0 saturated carbocycles. The maximum absolute atomic E-state index is 13.5. The molecule has 3 atom stereocenters. The van der Waals surface area contributed by atoms with Crippen LogP contribution in [-0.4, -0.2) is 52.3 Å². The van der Waals surface area contributed by atoms with Gasteiger partial charge in [0.1, 0.15) is 6.04 Å². The molecule has 0 spiro atoms. The predicted molar refractivity (Wildman–Crippen MR) is 120 cm³/mol. The van der Waals surface area contributed by atoms with Gasteiger partial charge in [-0.3, -0.25) is 9.59 Å². The molecule has 31 heavy (non-hydrogen) atoms. The Morgan fingerprint density at radius 2 is 1.74 bits per heavy atom. The average molecular weight is 476 g/mol. The SMILES string of the molecule is O=C1[C@H]2C3CC(CN3C(=O)c3cccc(Br)c3)N2C(=O)N1c1cccc2ccccc12. The summed E-state index contributed by atoms with van der Waals surface area (Å²) in [7, 11) is 0. The summed E-state index contributed by atoms with van der Waals surface area (Å²) in [6.45, 7) is 0.453. The van der Waals surface area contributed by atoms with Gasteiger partial charge in [0.05, 0.1) is 17.8 Å². The molecule has 6 nitrogen and oxygen atoms in total. The van der Waals surface area contributed by atoms with E-state index in [1.807, 2.05) is 54.6 Å². The van der Waals surface area contributed by atoms with Crippen LogP contribution in [0.25, 0.3) is 10.8 Å². The van der Waals surface area contributed by atoms with Crippen molar-refractivity contribution in [3.8, 4) is 0 Å². The highest BCUT2D eigenvalue weighted by molar-refractivity contribution is 9.10. The van der Waals surface area contributed by atoms with Crippen molar-refractivity contribution in [3.63, 3.8) is 0 Å². The highest BCUT2D eigenvalue weighted by atomic mass is 79.9. The smallest absolute Gasteiger partial charge is 0.331 e. The fourth-order valence-electron chi connectivity index (χ4n) is 5.30. The lowest BCUT2D eigenvalue weighted by atomic mass is 10.1. The largest absolute Gasteiger partial charge is 0.332 e. The summed E-state index contributed by atoms with van der Waals surface area (Å²) in [6, 6.07) is 19.3. The molecule has 0 N–H and O–H groups in total. The summed E-state index contributed by atoms with van der Waals surface area (Å²) in [6.07, 6.45) is 0.644. The van der Waals surface area contributed by atoms with Crippen LogP contribution in [0.1, 0.15) is 16.8 Å². The molecule has 3 saturated heterocycles. The van der Waals surface area contributed by atoms with E-state index in [1.54, 1.807) is 21.9 Å². The lowest BCUT2D eigenvalue weighted by Gasteiger charge is -2.35. The average Bonchev–Trinajstić information content (AvgIpc) is 3.44. The van der Waals surface area contributed by atoms with Crippen molar-refractivity contribution in [1.29, 1.82) is 0 Å². The second kappa shape index (κ2) is 6.65. The van der Waals surface area contributed by atoms with Crippen LogP contribution in [0.4, 0.5) is 10.5 Å². The predicted octanol–water partition coefficient (Wildman–Crippen LogP) is 4.04. The molecule has 2 unspecified atom stereocenters. The van der Waals surface area contributed by atoms with E-state index in [0.29, 0.717) is 24.2 Å². The Kier molecular flexibility index (Phi) is 3.99. The van der Waals surface area contributed by atoms with Crippen molar-refractivity contribution in [1.82, 2.24) is 9.80 Å². The third kappa shape index (κ3) is 2.59. The van der Waals surface area contributed by atoms with E-state index in [4.69, 9.17) is 0 Å². The van der Waals surface area contributed by atoms with Gasteiger partial charge in [0, 0.05) is 22.0 Å². The van der Waals surface area contributed by atoms with E-state index in [2.05, 4.69) is 15.9 Å². The second-order valence-corrected chi connectivity index (χ2v) is 9.15. The molecular weight excluding hydrogens is 458 g/mol. The highest BCUT2D eigenvalue weighted by Gasteiger charge is 2.63. The Morgan fingerprint density at radius 3 is 2.58 bits per heavy atom. The lowest BCUT2D eigenvalue weighted by Crippen LogP contribution is -2.54. The Hall–Kier alpha value is -3.19. The number of carbonyl (C=O) groups is 3. The van der Waals surface area contributed by atoms with Gasteiger partial charge in [-0.05, 0) is 36.1 Å². The van der Waals surface area contributed by atoms with E-state index >= 15 is 0 Å². The minimum absolute atomic E-state index is 0.0997. The van der Waals surface area contributed by atoms with Gasteiger partial charge in [-0.15, -0.1) is 0 Å². The molecule has 3 aliphatic rings. The number of amides is 4. The molecule has 0 aliphatic carbocycles. The van der Waals surface area contributed by atoms with Gasteiger partial charge in [0.15, 0.2) is 0 Å². The Labute approximate surface area is 187 Å². The molecule has 0 radical (unpaired) electrons. The summed E-state index contributed by atoms with van der Waals surface area (Å²) >= 11 is 3.41. The minimum atomic E-state index is -0.624. The van der Waals surface area contributed by atoms with Gasteiger partial charge in [-0.25, -0.2) is 9.69 Å². The summed E-state index contributed by atoms with van der Waals surface area (Å²) in [4.78, 5) is 44.8. The van der Waals surface area contributed by atoms with E-state index < -0.39 is 6.04 Å². The van der Waals surface area contributed by atoms with E-state index in [-0.39, 0.29) is 29.9 Å². The fraction of sp³-hybridized carbons (Fsp3) is 0.208. The number of nitrogens with zero attached hydrogens (tertiary/aromatic N) is 3. The Morgan fingerprint density at radius 1 is 0.968 bits per heavy atom. The molecule has 3 aliphatic heterocycles. The first-order chi connectivity index (χ1) is 15.0. The molecule has 2 bridgehead atoms. The molecule has 3 fully saturated rings. The van der Waals surface area contributed by atoms with Crippen LogP contribution >= 0.6 is 15.9 Å². The van der Waals surface area contributed by atoms with Crippen molar-refractivity contribution in [2.24, 2.45) is 0 Å². The van der Waals surface area contributed by atoms with Gasteiger partial charge in [-0.2, -0.15) is 0 Å². The monoisotopic (exact) mass is 475 g/mol. The standard InChI is InChI=1S/C24H18BrN3O3/c25-16-8-3-7-15(11-16)22(29)26-13-17-12-20(26)21-23(30)28(24(31)27(17)21)19-10-4-6-14-5-1-2-9-18(14)19/h1-11,17,20-21H,12-13H2/t17?,20?,21-/m1/s1. The number of benzene rings is 3. The van der Waals surface area contributed by atoms with E-state index in [9.17, 15) is 14.4 Å². The molecule has 154 valence electrons. The van der Waals surface area contributed by atoms with Gasteiger partial charge in [-0.1, -0.05) is 58.4 Å². The zero-order chi connectivity index (χ0) is 21.3. The quantitative estimate of drug-likeness (QED) is 0.525. The van der Waals surface area contributed by atoms with Crippen molar-refractivity contribution in [2.45, 2.75) is 24.5 Å². The lowest BCUT2D eigenvalue weighted by molar-refractivity contribution is -0.121. The number of carbonyl (C=O) groups excluding carboxylic acids is 3. The number of piperazine rings is 1. The van der Waals surface area contributed by atoms with E-state index in [1.165, 1.54) is 4.90 Å². The zero-order valence-corrected chi connectivity index (χ0v) is 18.0. The normalized spacial score (nSPS) is 24.4. The second-order valence-electron chi connectivity index (χ2n) is 8.23. The first kappa shape index (κ1) is 18.6. The Bertz CT molecular complexity index is 1270. The van der Waals surface area contributed by atoms with E-state index in [0.717, 1.165) is 15.2 Å². The maximum Gasteiger partial charge on any atom is 0.332 e. The summed E-state index contributed by atoms with van der Waals surface area (Å²) < 4.78 is 0.832. The third-order valence-corrected chi connectivity index (χ3v) is 7.10. The van der Waals surface area contributed by atoms with Crippen LogP contribution in [-0.2, 0) is 4.79 Å². The molecule has 3 heterocycles. The molecule has 0 aromatic heterocycles. The van der Waals surface area contributed by atoms with Crippen molar-refractivity contribution >= 4 is 50.2 Å². The molecule has 3 aromatic rings. The number of anilines is 1. The minimum Gasteiger partial charge on any atom is -0.331 e. The van der Waals surface area contributed by atoms with Crippen molar-refractivity contribution in [2.75, 3.05) is 11.4 Å². The number of likely N-dealkylation sites (tertiary alicyclic amines) is 1. The Balaban J connectivity index is 1.36. The highest BCUT2D eigenvalue weighted by Crippen LogP contribution is 2.43. The molecule has 3 aromatic carbocycles. The first-order valence-electron chi connectivity index (χ1n) is 10.2. The molecule has 4 amide bonds. The summed E-state index contributed by atoms with van der Waals surface area (Å²) in [5.41, 5.74) is 1.18. The van der Waals surface area contributed by atoms with Gasteiger partial charge in [0.25, 0.3) is 11.8 Å². The number of hydrogen-bond donors (Lipinski definition) is 0. The number of urea groups is 1. The van der Waals surface area contributed by atoms with Gasteiger partial charge in [0.2, 0.25) is 0 Å². The van der Waals surface area contributed by atoms with Crippen molar-refractivity contribution < 1.29 is 14.4 Å². The molecule has 6 rings (SSSR count). The van der Waals surface area contributed by atoms with Crippen LogP contribution in [0.5, 0.6) is 0 Å². The fourth-order valence-corrected chi connectivity index (χ4v) is 5.70. The van der Waals surface area contributed by atoms with Crippen LogP contribution in [0.3, 0.4) is 0 Å². The number of fused-ring (bicyclic) bond motifs is 6. The van der Waals surface area contributed by atoms with Crippen molar-refractivity contribution in [3.05, 3.63) is 76.8 Å². The topological polar surface area (TPSA) is 60.9 Å². The van der Waals surface area contributed by atoms with Crippen LogP contribution in [0.2, 0.25) is 0 Å². The first-order valence-corrected chi connectivity index (χ1v) is 11.0. The van der Waals surface area contributed by atoms with Gasteiger partial charge < -0.3 is 9.80 Å². The van der Waals surface area contributed by atoms with Gasteiger partial charge >= 0.3 is 6.03 Å². The maximum atomic E-state index is 13.5. The number of hydrogen-bond acceptors (Lipinski definition) is 3. The molecular formula is C24H18BrN3O3. The summed E-state index contributed by atoms with van der Waals surface area (Å²) in [5.74, 6) is -0.349. The number of halogens is 1. The third-order valence-electron chi connectivity index (χ3n) is 6.60.